The number of anilines is 1. The summed E-state index contributed by atoms with van der Waals surface area (Å²) in [6.07, 6.45) is -0.644. The SMILES string of the molecule is CCSc1ccccc1NC(=O)[C@H]1COc2ccccc2O1. The maximum Gasteiger partial charge on any atom is 0.269 e. The molecule has 22 heavy (non-hydrogen) atoms. The first-order valence-corrected chi connectivity index (χ1v) is 8.17. The molecule has 1 aliphatic heterocycles. The standard InChI is InChI=1S/C17H17NO3S/c1-2-22-16-10-6-3-7-12(16)18-17(19)15-11-20-13-8-4-5-9-14(13)21-15/h3-10,15H,2,11H2,1H3,(H,18,19)/t15-/m1/s1. The normalized spacial score (nSPS) is 16.1. The van der Waals surface area contributed by atoms with E-state index < -0.39 is 6.10 Å². The van der Waals surface area contributed by atoms with E-state index in [1.165, 1.54) is 0 Å². The molecule has 0 aliphatic carbocycles. The summed E-state index contributed by atoms with van der Waals surface area (Å²) in [6, 6.07) is 15.1. The molecule has 1 heterocycles. The first kappa shape index (κ1) is 14.8. The van der Waals surface area contributed by atoms with Crippen molar-refractivity contribution in [3.05, 3.63) is 48.5 Å². The molecule has 4 nitrogen and oxygen atoms in total. The lowest BCUT2D eigenvalue weighted by Gasteiger charge is -2.25. The average molecular weight is 315 g/mol. The fourth-order valence-corrected chi connectivity index (χ4v) is 2.97. The number of para-hydroxylation sites is 3. The van der Waals surface area contributed by atoms with Crippen LogP contribution in [0.1, 0.15) is 6.92 Å². The van der Waals surface area contributed by atoms with E-state index >= 15 is 0 Å². The van der Waals surface area contributed by atoms with Gasteiger partial charge >= 0.3 is 0 Å². The Morgan fingerprint density at radius 2 is 1.91 bits per heavy atom. The molecule has 1 atom stereocenters. The average Bonchev–Trinajstić information content (AvgIpc) is 2.56. The Balaban J connectivity index is 1.71. The van der Waals surface area contributed by atoms with Crippen LogP contribution >= 0.6 is 11.8 Å². The van der Waals surface area contributed by atoms with Gasteiger partial charge < -0.3 is 14.8 Å². The van der Waals surface area contributed by atoms with Crippen molar-refractivity contribution in [2.45, 2.75) is 17.9 Å². The fourth-order valence-electron chi connectivity index (χ4n) is 2.21. The summed E-state index contributed by atoms with van der Waals surface area (Å²) in [5.41, 5.74) is 0.807. The van der Waals surface area contributed by atoms with Crippen LogP contribution in [0.25, 0.3) is 0 Å². The lowest BCUT2D eigenvalue weighted by Crippen LogP contribution is -2.40. The van der Waals surface area contributed by atoms with Crippen molar-refractivity contribution in [2.75, 3.05) is 17.7 Å². The Labute approximate surface area is 133 Å². The molecule has 0 aromatic heterocycles. The van der Waals surface area contributed by atoms with Gasteiger partial charge in [-0.05, 0) is 30.0 Å². The smallest absolute Gasteiger partial charge is 0.269 e. The van der Waals surface area contributed by atoms with Crippen LogP contribution in [0.3, 0.4) is 0 Å². The predicted molar refractivity (Wildman–Crippen MR) is 87.8 cm³/mol. The second-order valence-electron chi connectivity index (χ2n) is 4.78. The van der Waals surface area contributed by atoms with E-state index in [9.17, 15) is 4.79 Å². The third-order valence-electron chi connectivity index (χ3n) is 3.25. The Morgan fingerprint density at radius 3 is 2.73 bits per heavy atom. The highest BCUT2D eigenvalue weighted by molar-refractivity contribution is 7.99. The molecule has 5 heteroatoms. The molecule has 1 aliphatic rings. The topological polar surface area (TPSA) is 47.6 Å². The molecule has 1 amide bonds. The Kier molecular flexibility index (Phi) is 4.53. The number of nitrogens with one attached hydrogen (secondary N) is 1. The lowest BCUT2D eigenvalue weighted by molar-refractivity contribution is -0.125. The third kappa shape index (κ3) is 3.20. The van der Waals surface area contributed by atoms with Crippen molar-refractivity contribution in [3.8, 4) is 11.5 Å². The van der Waals surface area contributed by atoms with Crippen LogP contribution in [0.2, 0.25) is 0 Å². The van der Waals surface area contributed by atoms with Crippen LogP contribution in [0, 0.1) is 0 Å². The van der Waals surface area contributed by atoms with Gasteiger partial charge in [-0.3, -0.25) is 4.79 Å². The summed E-state index contributed by atoms with van der Waals surface area (Å²) in [5.74, 6) is 2.03. The Hall–Kier alpha value is -2.14. The number of carbonyl (C=O) groups excluding carboxylic acids is 1. The molecule has 2 aromatic carbocycles. The number of rotatable bonds is 4. The second kappa shape index (κ2) is 6.75. The molecule has 114 valence electrons. The van der Waals surface area contributed by atoms with Crippen LogP contribution in [-0.2, 0) is 4.79 Å². The van der Waals surface area contributed by atoms with Gasteiger partial charge in [0.15, 0.2) is 11.5 Å². The van der Waals surface area contributed by atoms with Gasteiger partial charge in [0.05, 0.1) is 5.69 Å². The number of fused-ring (bicyclic) bond motifs is 1. The van der Waals surface area contributed by atoms with Gasteiger partial charge in [0.25, 0.3) is 5.91 Å². The zero-order valence-electron chi connectivity index (χ0n) is 12.2. The summed E-state index contributed by atoms with van der Waals surface area (Å²) in [7, 11) is 0. The molecule has 0 spiro atoms. The van der Waals surface area contributed by atoms with E-state index in [1.54, 1.807) is 17.8 Å². The summed E-state index contributed by atoms with van der Waals surface area (Å²) in [6.45, 7) is 2.30. The number of amides is 1. The minimum Gasteiger partial charge on any atom is -0.485 e. The minimum atomic E-state index is -0.644. The largest absolute Gasteiger partial charge is 0.485 e. The highest BCUT2D eigenvalue weighted by atomic mass is 32.2. The summed E-state index contributed by atoms with van der Waals surface area (Å²) in [5, 5.41) is 2.93. The van der Waals surface area contributed by atoms with Gasteiger partial charge in [-0.2, -0.15) is 0 Å². The zero-order chi connectivity index (χ0) is 15.4. The van der Waals surface area contributed by atoms with Crippen LogP contribution in [0.5, 0.6) is 11.5 Å². The molecule has 0 fully saturated rings. The van der Waals surface area contributed by atoms with Crippen molar-refractivity contribution in [1.29, 1.82) is 0 Å². The Morgan fingerprint density at radius 1 is 1.18 bits per heavy atom. The van der Waals surface area contributed by atoms with E-state index in [2.05, 4.69) is 12.2 Å². The van der Waals surface area contributed by atoms with Crippen LogP contribution in [-0.4, -0.2) is 24.4 Å². The molecule has 0 radical (unpaired) electrons. The predicted octanol–water partition coefficient (Wildman–Crippen LogP) is 3.58. The highest BCUT2D eigenvalue weighted by Gasteiger charge is 2.27. The van der Waals surface area contributed by atoms with Crippen LogP contribution < -0.4 is 14.8 Å². The van der Waals surface area contributed by atoms with E-state index in [4.69, 9.17) is 9.47 Å². The number of benzene rings is 2. The van der Waals surface area contributed by atoms with E-state index in [0.29, 0.717) is 11.5 Å². The quantitative estimate of drug-likeness (QED) is 0.876. The third-order valence-corrected chi connectivity index (χ3v) is 4.20. The number of thioether (sulfide) groups is 1. The van der Waals surface area contributed by atoms with Gasteiger partial charge in [0.1, 0.15) is 6.61 Å². The summed E-state index contributed by atoms with van der Waals surface area (Å²) >= 11 is 1.69. The first-order chi connectivity index (χ1) is 10.8. The molecule has 0 unspecified atom stereocenters. The number of hydrogen-bond donors (Lipinski definition) is 1. The molecular formula is C17H17NO3S. The lowest BCUT2D eigenvalue weighted by atomic mass is 10.2. The van der Waals surface area contributed by atoms with Gasteiger partial charge in [0, 0.05) is 4.90 Å². The van der Waals surface area contributed by atoms with Gasteiger partial charge in [-0.15, -0.1) is 11.8 Å². The van der Waals surface area contributed by atoms with Crippen LogP contribution in [0.4, 0.5) is 5.69 Å². The maximum atomic E-state index is 12.4. The van der Waals surface area contributed by atoms with Crippen molar-refractivity contribution < 1.29 is 14.3 Å². The Bertz CT molecular complexity index is 674. The highest BCUT2D eigenvalue weighted by Crippen LogP contribution is 2.32. The van der Waals surface area contributed by atoms with E-state index in [1.807, 2.05) is 42.5 Å². The van der Waals surface area contributed by atoms with E-state index in [0.717, 1.165) is 16.3 Å². The first-order valence-electron chi connectivity index (χ1n) is 7.19. The molecule has 1 N–H and O–H groups in total. The maximum absolute atomic E-state index is 12.4. The van der Waals surface area contributed by atoms with Crippen LogP contribution in [0.15, 0.2) is 53.4 Å². The van der Waals surface area contributed by atoms with Crippen molar-refractivity contribution in [2.24, 2.45) is 0 Å². The minimum absolute atomic E-state index is 0.196. The van der Waals surface area contributed by atoms with Gasteiger partial charge in [-0.1, -0.05) is 31.2 Å². The number of carbonyl (C=O) groups is 1. The van der Waals surface area contributed by atoms with Crippen molar-refractivity contribution in [1.82, 2.24) is 0 Å². The summed E-state index contributed by atoms with van der Waals surface area (Å²) in [4.78, 5) is 13.5. The molecule has 3 rings (SSSR count). The number of ether oxygens (including phenoxy) is 2. The van der Waals surface area contributed by atoms with Crippen molar-refractivity contribution >= 4 is 23.4 Å². The summed E-state index contributed by atoms with van der Waals surface area (Å²) < 4.78 is 11.3. The second-order valence-corrected chi connectivity index (χ2v) is 6.09. The molecule has 0 bridgehead atoms. The molecule has 2 aromatic rings. The van der Waals surface area contributed by atoms with Gasteiger partial charge in [0.2, 0.25) is 6.10 Å². The molecule has 0 saturated carbocycles. The van der Waals surface area contributed by atoms with E-state index in [-0.39, 0.29) is 12.5 Å². The monoisotopic (exact) mass is 315 g/mol. The van der Waals surface area contributed by atoms with Crippen molar-refractivity contribution in [3.63, 3.8) is 0 Å². The molecular weight excluding hydrogens is 298 g/mol. The zero-order valence-corrected chi connectivity index (χ0v) is 13.1. The molecule has 0 saturated heterocycles. The fraction of sp³-hybridized carbons (Fsp3) is 0.235. The number of hydrogen-bond acceptors (Lipinski definition) is 4. The van der Waals surface area contributed by atoms with Gasteiger partial charge in [-0.25, -0.2) is 0 Å².